The Balaban J connectivity index is 2.61. The number of methoxy groups -OCH3 is 1. The van der Waals surface area contributed by atoms with Gasteiger partial charge in [-0.15, -0.1) is 0 Å². The van der Waals surface area contributed by atoms with Gasteiger partial charge in [-0.2, -0.15) is 0 Å². The maximum atomic E-state index is 10.6. The van der Waals surface area contributed by atoms with E-state index in [9.17, 15) is 4.79 Å². The highest BCUT2D eigenvalue weighted by molar-refractivity contribution is 5.72. The van der Waals surface area contributed by atoms with Gasteiger partial charge < -0.3 is 10.1 Å². The third kappa shape index (κ3) is 3.11. The van der Waals surface area contributed by atoms with Crippen LogP contribution in [-0.2, 0) is 11.3 Å². The lowest BCUT2D eigenvalue weighted by molar-refractivity contribution is -0.119. The fourth-order valence-electron chi connectivity index (χ4n) is 0.895. The quantitative estimate of drug-likeness (QED) is 0.745. The summed E-state index contributed by atoms with van der Waals surface area (Å²) in [5, 5.41) is 2.66. The fourth-order valence-corrected chi connectivity index (χ4v) is 0.895. The summed E-state index contributed by atoms with van der Waals surface area (Å²) in [6.07, 6.45) is 1.65. The number of hydrogen-bond donors (Lipinski definition) is 1. The van der Waals surface area contributed by atoms with Crippen molar-refractivity contribution in [2.24, 2.45) is 0 Å². The van der Waals surface area contributed by atoms with Crippen molar-refractivity contribution in [1.82, 2.24) is 10.3 Å². The first-order chi connectivity index (χ1) is 6.22. The van der Waals surface area contributed by atoms with Gasteiger partial charge in [0.2, 0.25) is 5.91 Å². The molecule has 0 aromatic carbocycles. The number of ether oxygens (including phenoxy) is 1. The summed E-state index contributed by atoms with van der Waals surface area (Å²) in [7, 11) is 1.59. The Bertz CT molecular complexity index is 299. The van der Waals surface area contributed by atoms with Gasteiger partial charge in [0.15, 0.2) is 0 Å². The van der Waals surface area contributed by atoms with Crippen molar-refractivity contribution >= 4 is 5.91 Å². The fraction of sp³-hybridized carbons (Fsp3) is 0.333. The van der Waals surface area contributed by atoms with Crippen LogP contribution < -0.4 is 10.1 Å². The van der Waals surface area contributed by atoms with E-state index in [1.54, 1.807) is 25.4 Å². The number of carbonyl (C=O) groups is 1. The van der Waals surface area contributed by atoms with E-state index in [2.05, 4.69) is 10.3 Å². The number of rotatable bonds is 3. The molecule has 0 saturated heterocycles. The summed E-state index contributed by atoms with van der Waals surface area (Å²) >= 11 is 0. The number of pyridine rings is 1. The molecule has 0 fully saturated rings. The normalized spacial score (nSPS) is 9.38. The van der Waals surface area contributed by atoms with Crippen molar-refractivity contribution in [1.29, 1.82) is 0 Å². The van der Waals surface area contributed by atoms with E-state index in [1.165, 1.54) is 6.92 Å². The van der Waals surface area contributed by atoms with Gasteiger partial charge in [0.25, 0.3) is 0 Å². The van der Waals surface area contributed by atoms with Gasteiger partial charge in [-0.05, 0) is 6.07 Å². The maximum absolute atomic E-state index is 10.6. The molecule has 1 heterocycles. The van der Waals surface area contributed by atoms with Crippen molar-refractivity contribution in [2.75, 3.05) is 7.11 Å². The highest BCUT2D eigenvalue weighted by Crippen LogP contribution is 2.09. The number of aromatic nitrogens is 1. The predicted octanol–water partition coefficient (Wildman–Crippen LogP) is 0.726. The third-order valence-electron chi connectivity index (χ3n) is 1.54. The molecule has 13 heavy (non-hydrogen) atoms. The molecule has 1 aromatic rings. The van der Waals surface area contributed by atoms with Crippen molar-refractivity contribution in [3.05, 3.63) is 24.0 Å². The summed E-state index contributed by atoms with van der Waals surface area (Å²) in [4.78, 5) is 14.7. The van der Waals surface area contributed by atoms with Gasteiger partial charge in [-0.25, -0.2) is 0 Å². The predicted molar refractivity (Wildman–Crippen MR) is 48.3 cm³/mol. The molecular formula is C9H12N2O2. The molecule has 0 saturated carbocycles. The second-order valence-corrected chi connectivity index (χ2v) is 2.60. The zero-order valence-corrected chi connectivity index (χ0v) is 7.70. The Hall–Kier alpha value is -1.58. The number of nitrogens with zero attached hydrogens (tertiary/aromatic N) is 1. The first kappa shape index (κ1) is 9.51. The third-order valence-corrected chi connectivity index (χ3v) is 1.54. The Labute approximate surface area is 76.9 Å². The van der Waals surface area contributed by atoms with Crippen LogP contribution in [0.5, 0.6) is 5.75 Å². The SMILES string of the molecule is COc1ccnc(CNC(C)=O)c1. The molecule has 1 amide bonds. The van der Waals surface area contributed by atoms with E-state index < -0.39 is 0 Å². The summed E-state index contributed by atoms with van der Waals surface area (Å²) < 4.78 is 5.01. The first-order valence-corrected chi connectivity index (χ1v) is 3.95. The van der Waals surface area contributed by atoms with E-state index in [4.69, 9.17) is 4.74 Å². The highest BCUT2D eigenvalue weighted by Gasteiger charge is 1.97. The average molecular weight is 180 g/mol. The van der Waals surface area contributed by atoms with Crippen molar-refractivity contribution in [3.8, 4) is 5.75 Å². The van der Waals surface area contributed by atoms with Crippen LogP contribution in [0.25, 0.3) is 0 Å². The largest absolute Gasteiger partial charge is 0.497 e. The number of carbonyl (C=O) groups excluding carboxylic acids is 1. The number of amides is 1. The van der Waals surface area contributed by atoms with Crippen LogP contribution in [0.15, 0.2) is 18.3 Å². The first-order valence-electron chi connectivity index (χ1n) is 3.95. The monoisotopic (exact) mass is 180 g/mol. The van der Waals surface area contributed by atoms with Gasteiger partial charge in [0, 0.05) is 19.2 Å². The second-order valence-electron chi connectivity index (χ2n) is 2.60. The molecule has 0 aliphatic carbocycles. The smallest absolute Gasteiger partial charge is 0.217 e. The standard InChI is InChI=1S/C9H12N2O2/c1-7(12)11-6-8-5-9(13-2)3-4-10-8/h3-5H,6H2,1-2H3,(H,11,12). The minimum atomic E-state index is -0.0652. The zero-order valence-electron chi connectivity index (χ0n) is 7.70. The van der Waals surface area contributed by atoms with Crippen molar-refractivity contribution in [2.45, 2.75) is 13.5 Å². The molecule has 0 spiro atoms. The Morgan fingerprint density at radius 3 is 3.08 bits per heavy atom. The van der Waals surface area contributed by atoms with Crippen molar-refractivity contribution < 1.29 is 9.53 Å². The molecule has 0 aliphatic heterocycles. The lowest BCUT2D eigenvalue weighted by Gasteiger charge is -2.03. The maximum Gasteiger partial charge on any atom is 0.217 e. The molecule has 0 unspecified atom stereocenters. The molecule has 0 aliphatic rings. The number of hydrogen-bond acceptors (Lipinski definition) is 3. The highest BCUT2D eigenvalue weighted by atomic mass is 16.5. The molecule has 0 radical (unpaired) electrons. The minimum absolute atomic E-state index is 0.0652. The lowest BCUT2D eigenvalue weighted by Crippen LogP contribution is -2.19. The van der Waals surface area contributed by atoms with Crippen LogP contribution in [0.1, 0.15) is 12.6 Å². The van der Waals surface area contributed by atoms with E-state index in [0.717, 1.165) is 11.4 Å². The Morgan fingerprint density at radius 2 is 2.46 bits per heavy atom. The van der Waals surface area contributed by atoms with Crippen molar-refractivity contribution in [3.63, 3.8) is 0 Å². The molecule has 70 valence electrons. The molecule has 0 atom stereocenters. The van der Waals surface area contributed by atoms with Gasteiger partial charge in [-0.1, -0.05) is 0 Å². The van der Waals surface area contributed by atoms with E-state index in [0.29, 0.717) is 6.54 Å². The molecule has 1 N–H and O–H groups in total. The molecule has 4 heteroatoms. The topological polar surface area (TPSA) is 51.2 Å². The molecule has 0 bridgehead atoms. The lowest BCUT2D eigenvalue weighted by atomic mass is 10.3. The Kier molecular flexibility index (Phi) is 3.25. The molecular weight excluding hydrogens is 168 g/mol. The second kappa shape index (κ2) is 4.45. The molecule has 1 aromatic heterocycles. The van der Waals surface area contributed by atoms with E-state index in [-0.39, 0.29) is 5.91 Å². The molecule has 4 nitrogen and oxygen atoms in total. The van der Waals surface area contributed by atoms with Crippen LogP contribution in [-0.4, -0.2) is 18.0 Å². The van der Waals surface area contributed by atoms with Crippen LogP contribution in [0.4, 0.5) is 0 Å². The Morgan fingerprint density at radius 1 is 1.69 bits per heavy atom. The van der Waals surface area contributed by atoms with Crippen LogP contribution >= 0.6 is 0 Å². The number of nitrogens with one attached hydrogen (secondary N) is 1. The average Bonchev–Trinajstić information content (AvgIpc) is 2.15. The minimum Gasteiger partial charge on any atom is -0.497 e. The van der Waals surface area contributed by atoms with Crippen LogP contribution in [0.2, 0.25) is 0 Å². The van der Waals surface area contributed by atoms with E-state index >= 15 is 0 Å². The van der Waals surface area contributed by atoms with E-state index in [1.807, 2.05) is 0 Å². The van der Waals surface area contributed by atoms with Crippen LogP contribution in [0.3, 0.4) is 0 Å². The summed E-state index contributed by atoms with van der Waals surface area (Å²) in [6.45, 7) is 1.91. The summed E-state index contributed by atoms with van der Waals surface area (Å²) in [6, 6.07) is 3.55. The van der Waals surface area contributed by atoms with Gasteiger partial charge >= 0.3 is 0 Å². The van der Waals surface area contributed by atoms with Crippen LogP contribution in [0, 0.1) is 0 Å². The van der Waals surface area contributed by atoms with Gasteiger partial charge in [-0.3, -0.25) is 9.78 Å². The van der Waals surface area contributed by atoms with Gasteiger partial charge in [0.1, 0.15) is 5.75 Å². The molecule has 1 rings (SSSR count). The summed E-state index contributed by atoms with van der Waals surface area (Å²) in [5.41, 5.74) is 0.787. The summed E-state index contributed by atoms with van der Waals surface area (Å²) in [5.74, 6) is 0.681. The zero-order chi connectivity index (χ0) is 9.68. The van der Waals surface area contributed by atoms with Gasteiger partial charge in [0.05, 0.1) is 19.3 Å².